The van der Waals surface area contributed by atoms with Gasteiger partial charge in [-0.1, -0.05) is 12.2 Å². The van der Waals surface area contributed by atoms with Crippen LogP contribution in [0.4, 0.5) is 4.39 Å². The van der Waals surface area contributed by atoms with Crippen molar-refractivity contribution in [2.24, 2.45) is 0 Å². The second-order valence-corrected chi connectivity index (χ2v) is 4.49. The van der Waals surface area contributed by atoms with Gasteiger partial charge < -0.3 is 4.90 Å². The smallest absolute Gasteiger partial charge is 0.254 e. The number of hydrogen-bond donors (Lipinski definition) is 0. The van der Waals surface area contributed by atoms with E-state index in [9.17, 15) is 9.18 Å². The standard InChI is InChI=1S/C12H11BrFNO/c13-10-5-4-9(8-11(10)14)12(16)15-6-2-1-3-7-15/h1-2,4-5,8H,3,6-7H2. The van der Waals surface area contributed by atoms with E-state index < -0.39 is 5.82 Å². The monoisotopic (exact) mass is 283 g/mol. The Balaban J connectivity index is 2.20. The van der Waals surface area contributed by atoms with Crippen LogP contribution >= 0.6 is 15.9 Å². The van der Waals surface area contributed by atoms with Gasteiger partial charge in [-0.15, -0.1) is 0 Å². The normalized spacial score (nSPS) is 15.2. The molecular formula is C12H11BrFNO. The van der Waals surface area contributed by atoms with Gasteiger partial charge in [0.05, 0.1) is 4.47 Å². The van der Waals surface area contributed by atoms with Crippen LogP contribution in [-0.2, 0) is 0 Å². The molecule has 0 unspecified atom stereocenters. The van der Waals surface area contributed by atoms with Crippen LogP contribution < -0.4 is 0 Å². The Labute approximate surface area is 102 Å². The molecule has 1 aliphatic rings. The van der Waals surface area contributed by atoms with Crippen LogP contribution in [0.5, 0.6) is 0 Å². The van der Waals surface area contributed by atoms with E-state index in [-0.39, 0.29) is 5.91 Å². The molecule has 0 spiro atoms. The molecule has 4 heteroatoms. The van der Waals surface area contributed by atoms with Crippen LogP contribution in [0.3, 0.4) is 0 Å². The van der Waals surface area contributed by atoms with Crippen molar-refractivity contribution in [3.63, 3.8) is 0 Å². The summed E-state index contributed by atoms with van der Waals surface area (Å²) in [6.07, 6.45) is 4.87. The first-order valence-corrected chi connectivity index (χ1v) is 5.87. The molecule has 0 saturated heterocycles. The van der Waals surface area contributed by atoms with Crippen LogP contribution in [0.1, 0.15) is 16.8 Å². The molecule has 1 aromatic rings. The number of rotatable bonds is 1. The van der Waals surface area contributed by atoms with Crippen LogP contribution in [0.25, 0.3) is 0 Å². The summed E-state index contributed by atoms with van der Waals surface area (Å²) in [5.41, 5.74) is 0.399. The molecule has 16 heavy (non-hydrogen) atoms. The van der Waals surface area contributed by atoms with E-state index in [4.69, 9.17) is 0 Å². The maximum atomic E-state index is 13.3. The third kappa shape index (κ3) is 2.32. The second-order valence-electron chi connectivity index (χ2n) is 3.64. The van der Waals surface area contributed by atoms with E-state index in [1.165, 1.54) is 6.07 Å². The van der Waals surface area contributed by atoms with E-state index in [2.05, 4.69) is 15.9 Å². The Bertz CT molecular complexity index is 445. The maximum Gasteiger partial charge on any atom is 0.254 e. The zero-order valence-electron chi connectivity index (χ0n) is 8.62. The Hall–Kier alpha value is -1.16. The van der Waals surface area contributed by atoms with Gasteiger partial charge in [-0.05, 0) is 40.5 Å². The molecule has 0 radical (unpaired) electrons. The first kappa shape index (κ1) is 11.3. The van der Waals surface area contributed by atoms with E-state index in [0.717, 1.165) is 6.42 Å². The molecule has 0 saturated carbocycles. The van der Waals surface area contributed by atoms with Crippen LogP contribution in [0, 0.1) is 5.82 Å². The van der Waals surface area contributed by atoms with Gasteiger partial charge in [0.15, 0.2) is 0 Å². The molecule has 2 rings (SSSR count). The van der Waals surface area contributed by atoms with Gasteiger partial charge in [0.25, 0.3) is 5.91 Å². The summed E-state index contributed by atoms with van der Waals surface area (Å²) in [5, 5.41) is 0. The number of amides is 1. The van der Waals surface area contributed by atoms with Crippen molar-refractivity contribution in [1.82, 2.24) is 4.90 Å². The first-order valence-electron chi connectivity index (χ1n) is 5.08. The minimum Gasteiger partial charge on any atom is -0.335 e. The molecule has 0 aromatic heterocycles. The van der Waals surface area contributed by atoms with E-state index in [1.807, 2.05) is 12.2 Å². The largest absolute Gasteiger partial charge is 0.335 e. The molecule has 1 amide bonds. The third-order valence-electron chi connectivity index (χ3n) is 2.51. The van der Waals surface area contributed by atoms with Crippen molar-refractivity contribution in [2.75, 3.05) is 13.1 Å². The van der Waals surface area contributed by atoms with Crippen molar-refractivity contribution in [2.45, 2.75) is 6.42 Å². The van der Waals surface area contributed by atoms with E-state index >= 15 is 0 Å². The Morgan fingerprint density at radius 3 is 2.81 bits per heavy atom. The fraction of sp³-hybridized carbons (Fsp3) is 0.250. The molecule has 1 heterocycles. The van der Waals surface area contributed by atoms with Gasteiger partial charge in [0, 0.05) is 18.7 Å². The average Bonchev–Trinajstić information content (AvgIpc) is 2.33. The van der Waals surface area contributed by atoms with Crippen molar-refractivity contribution in [1.29, 1.82) is 0 Å². The number of benzene rings is 1. The van der Waals surface area contributed by atoms with E-state index in [0.29, 0.717) is 23.1 Å². The minimum atomic E-state index is -0.404. The lowest BCUT2D eigenvalue weighted by Gasteiger charge is -2.23. The SMILES string of the molecule is O=C(c1ccc(Br)c(F)c1)N1CC=CCC1. The zero-order valence-corrected chi connectivity index (χ0v) is 10.2. The summed E-state index contributed by atoms with van der Waals surface area (Å²) >= 11 is 3.06. The molecule has 2 nitrogen and oxygen atoms in total. The summed E-state index contributed by atoms with van der Waals surface area (Å²) in [5.74, 6) is -0.519. The number of halogens is 2. The summed E-state index contributed by atoms with van der Waals surface area (Å²) in [6, 6.07) is 4.46. The number of hydrogen-bond acceptors (Lipinski definition) is 1. The molecule has 0 N–H and O–H groups in total. The maximum absolute atomic E-state index is 13.3. The first-order chi connectivity index (χ1) is 7.68. The van der Waals surface area contributed by atoms with Crippen molar-refractivity contribution in [3.8, 4) is 0 Å². The van der Waals surface area contributed by atoms with Crippen molar-refractivity contribution >= 4 is 21.8 Å². The highest BCUT2D eigenvalue weighted by Gasteiger charge is 2.16. The molecule has 84 valence electrons. The topological polar surface area (TPSA) is 20.3 Å². The highest BCUT2D eigenvalue weighted by atomic mass is 79.9. The van der Waals surface area contributed by atoms with Crippen molar-refractivity contribution < 1.29 is 9.18 Å². The predicted octanol–water partition coefficient (Wildman–Crippen LogP) is 2.99. The lowest BCUT2D eigenvalue weighted by Crippen LogP contribution is -2.33. The molecule has 1 aromatic carbocycles. The molecule has 1 aliphatic heterocycles. The average molecular weight is 284 g/mol. The zero-order chi connectivity index (χ0) is 11.5. The summed E-state index contributed by atoms with van der Waals surface area (Å²) in [7, 11) is 0. The fourth-order valence-corrected chi connectivity index (χ4v) is 1.88. The summed E-state index contributed by atoms with van der Waals surface area (Å²) < 4.78 is 13.7. The summed E-state index contributed by atoms with van der Waals surface area (Å²) in [6.45, 7) is 1.31. The van der Waals surface area contributed by atoms with Crippen LogP contribution in [0.2, 0.25) is 0 Å². The fourth-order valence-electron chi connectivity index (χ4n) is 1.64. The minimum absolute atomic E-state index is 0.115. The van der Waals surface area contributed by atoms with Gasteiger partial charge in [-0.2, -0.15) is 0 Å². The Kier molecular flexibility index (Phi) is 3.39. The molecule has 0 fully saturated rings. The molecule has 0 aliphatic carbocycles. The molecule has 0 atom stereocenters. The molecular weight excluding hydrogens is 273 g/mol. The highest BCUT2D eigenvalue weighted by molar-refractivity contribution is 9.10. The van der Waals surface area contributed by atoms with Crippen LogP contribution in [0.15, 0.2) is 34.8 Å². The highest BCUT2D eigenvalue weighted by Crippen LogP contribution is 2.18. The lowest BCUT2D eigenvalue weighted by atomic mass is 10.1. The third-order valence-corrected chi connectivity index (χ3v) is 3.16. The van der Waals surface area contributed by atoms with Gasteiger partial charge >= 0.3 is 0 Å². The van der Waals surface area contributed by atoms with Gasteiger partial charge in [0.1, 0.15) is 5.82 Å². The van der Waals surface area contributed by atoms with Gasteiger partial charge in [-0.3, -0.25) is 4.79 Å². The quantitative estimate of drug-likeness (QED) is 0.726. The Morgan fingerprint density at radius 1 is 1.38 bits per heavy atom. The van der Waals surface area contributed by atoms with Gasteiger partial charge in [-0.25, -0.2) is 4.39 Å². The predicted molar refractivity (Wildman–Crippen MR) is 63.8 cm³/mol. The number of carbonyl (C=O) groups is 1. The number of nitrogens with zero attached hydrogens (tertiary/aromatic N) is 1. The second kappa shape index (κ2) is 4.78. The lowest BCUT2D eigenvalue weighted by molar-refractivity contribution is 0.0770. The number of carbonyl (C=O) groups excluding carboxylic acids is 1. The molecule has 0 bridgehead atoms. The van der Waals surface area contributed by atoms with Gasteiger partial charge in [0.2, 0.25) is 0 Å². The van der Waals surface area contributed by atoms with Crippen LogP contribution in [-0.4, -0.2) is 23.9 Å². The Morgan fingerprint density at radius 2 is 2.19 bits per heavy atom. The van der Waals surface area contributed by atoms with E-state index in [1.54, 1.807) is 17.0 Å². The van der Waals surface area contributed by atoms with Crippen molar-refractivity contribution in [3.05, 3.63) is 46.2 Å². The summed E-state index contributed by atoms with van der Waals surface area (Å²) in [4.78, 5) is 13.7.